The van der Waals surface area contributed by atoms with Crippen molar-refractivity contribution in [2.24, 2.45) is 5.92 Å². The molecule has 1 unspecified atom stereocenters. The Morgan fingerprint density at radius 1 is 1.10 bits per heavy atom. The maximum atomic E-state index is 12.8. The molecule has 0 saturated carbocycles. The van der Waals surface area contributed by atoms with E-state index in [1.807, 2.05) is 30.3 Å². The van der Waals surface area contributed by atoms with Gasteiger partial charge in [-0.25, -0.2) is 9.97 Å². The molecule has 1 atom stereocenters. The van der Waals surface area contributed by atoms with Gasteiger partial charge in [-0.3, -0.25) is 4.79 Å². The SMILES string of the molecule is COc1ccc(-c2cc(N3CCCC(C(=O)Nc4ccc(Cl)c(Cl)c4)C3)ncn2)cc1. The zero-order chi connectivity index (χ0) is 21.8. The van der Waals surface area contributed by atoms with E-state index in [-0.39, 0.29) is 11.8 Å². The molecule has 0 radical (unpaired) electrons. The van der Waals surface area contributed by atoms with Crippen molar-refractivity contribution in [3.63, 3.8) is 0 Å². The summed E-state index contributed by atoms with van der Waals surface area (Å²) in [6.45, 7) is 1.43. The molecule has 160 valence electrons. The van der Waals surface area contributed by atoms with Gasteiger partial charge in [0.25, 0.3) is 0 Å². The van der Waals surface area contributed by atoms with E-state index in [1.54, 1.807) is 31.6 Å². The molecule has 1 N–H and O–H groups in total. The van der Waals surface area contributed by atoms with Gasteiger partial charge in [-0.1, -0.05) is 23.2 Å². The second-order valence-electron chi connectivity index (χ2n) is 7.39. The van der Waals surface area contributed by atoms with Crippen LogP contribution in [0.4, 0.5) is 11.5 Å². The van der Waals surface area contributed by atoms with Crippen molar-refractivity contribution < 1.29 is 9.53 Å². The minimum absolute atomic E-state index is 0.0347. The van der Waals surface area contributed by atoms with E-state index in [2.05, 4.69) is 20.2 Å². The summed E-state index contributed by atoms with van der Waals surface area (Å²) in [5.41, 5.74) is 2.45. The lowest BCUT2D eigenvalue weighted by atomic mass is 9.97. The monoisotopic (exact) mass is 456 g/mol. The third kappa shape index (κ3) is 5.09. The van der Waals surface area contributed by atoms with Gasteiger partial charge in [0.1, 0.15) is 17.9 Å². The van der Waals surface area contributed by atoms with Crippen LogP contribution < -0.4 is 15.0 Å². The van der Waals surface area contributed by atoms with Crippen molar-refractivity contribution in [3.05, 3.63) is 64.9 Å². The number of rotatable bonds is 5. The van der Waals surface area contributed by atoms with E-state index < -0.39 is 0 Å². The largest absolute Gasteiger partial charge is 0.497 e. The van der Waals surface area contributed by atoms with E-state index in [0.29, 0.717) is 22.3 Å². The van der Waals surface area contributed by atoms with Crippen LogP contribution in [0.5, 0.6) is 5.75 Å². The van der Waals surface area contributed by atoms with Crippen LogP contribution in [0, 0.1) is 5.92 Å². The van der Waals surface area contributed by atoms with Gasteiger partial charge in [0.05, 0.1) is 28.8 Å². The zero-order valence-corrected chi connectivity index (χ0v) is 18.5. The van der Waals surface area contributed by atoms with Gasteiger partial charge in [-0.2, -0.15) is 0 Å². The highest BCUT2D eigenvalue weighted by atomic mass is 35.5. The number of nitrogens with one attached hydrogen (secondary N) is 1. The average molecular weight is 457 g/mol. The number of ether oxygens (including phenoxy) is 1. The van der Waals surface area contributed by atoms with Gasteiger partial charge in [0.15, 0.2) is 0 Å². The van der Waals surface area contributed by atoms with Gasteiger partial charge in [0, 0.05) is 30.4 Å². The molecule has 0 aliphatic carbocycles. The van der Waals surface area contributed by atoms with Crippen molar-refractivity contribution in [1.29, 1.82) is 0 Å². The molecule has 4 rings (SSSR count). The molecule has 31 heavy (non-hydrogen) atoms. The van der Waals surface area contributed by atoms with E-state index in [9.17, 15) is 4.79 Å². The minimum Gasteiger partial charge on any atom is -0.497 e. The van der Waals surface area contributed by atoms with Gasteiger partial charge in [0.2, 0.25) is 5.91 Å². The Kier molecular flexibility index (Phi) is 6.59. The predicted molar refractivity (Wildman–Crippen MR) is 124 cm³/mol. The number of carbonyl (C=O) groups is 1. The van der Waals surface area contributed by atoms with Crippen molar-refractivity contribution in [3.8, 4) is 17.0 Å². The first-order valence-corrected chi connectivity index (χ1v) is 10.8. The lowest BCUT2D eigenvalue weighted by Gasteiger charge is -2.33. The summed E-state index contributed by atoms with van der Waals surface area (Å²) in [6, 6.07) is 14.8. The Morgan fingerprint density at radius 2 is 1.90 bits per heavy atom. The summed E-state index contributed by atoms with van der Waals surface area (Å²) in [6.07, 6.45) is 3.29. The first-order chi connectivity index (χ1) is 15.0. The smallest absolute Gasteiger partial charge is 0.229 e. The van der Waals surface area contributed by atoms with Gasteiger partial charge < -0.3 is 15.0 Å². The molecule has 0 bridgehead atoms. The number of piperidine rings is 1. The first kappa shape index (κ1) is 21.4. The number of anilines is 2. The highest BCUT2D eigenvalue weighted by molar-refractivity contribution is 6.42. The highest BCUT2D eigenvalue weighted by Crippen LogP contribution is 2.28. The van der Waals surface area contributed by atoms with Gasteiger partial charge in [-0.05, 0) is 55.3 Å². The summed E-state index contributed by atoms with van der Waals surface area (Å²) in [5.74, 6) is 1.42. The average Bonchev–Trinajstić information content (AvgIpc) is 2.81. The second-order valence-corrected chi connectivity index (χ2v) is 8.21. The van der Waals surface area contributed by atoms with E-state index in [0.717, 1.165) is 42.2 Å². The number of aromatic nitrogens is 2. The molecule has 1 saturated heterocycles. The number of hydrogen-bond acceptors (Lipinski definition) is 5. The number of hydrogen-bond donors (Lipinski definition) is 1. The number of amides is 1. The third-order valence-corrected chi connectivity index (χ3v) is 6.08. The van der Waals surface area contributed by atoms with Crippen LogP contribution in [0.25, 0.3) is 11.3 Å². The van der Waals surface area contributed by atoms with Crippen molar-refractivity contribution in [2.45, 2.75) is 12.8 Å². The maximum Gasteiger partial charge on any atom is 0.229 e. The summed E-state index contributed by atoms with van der Waals surface area (Å²) in [5, 5.41) is 3.82. The zero-order valence-electron chi connectivity index (χ0n) is 17.0. The lowest BCUT2D eigenvalue weighted by Crippen LogP contribution is -2.41. The van der Waals surface area contributed by atoms with Crippen LogP contribution >= 0.6 is 23.2 Å². The Morgan fingerprint density at radius 3 is 2.65 bits per heavy atom. The molecular weight excluding hydrogens is 435 g/mol. The molecule has 1 aliphatic rings. The topological polar surface area (TPSA) is 67.3 Å². The lowest BCUT2D eigenvalue weighted by molar-refractivity contribution is -0.120. The van der Waals surface area contributed by atoms with E-state index >= 15 is 0 Å². The Labute approximate surface area is 191 Å². The fraction of sp³-hybridized carbons (Fsp3) is 0.261. The van der Waals surface area contributed by atoms with Gasteiger partial charge in [-0.15, -0.1) is 0 Å². The van der Waals surface area contributed by atoms with Crippen LogP contribution in [0.3, 0.4) is 0 Å². The Balaban J connectivity index is 1.46. The standard InChI is InChI=1S/C23H22Cl2N4O2/c1-31-18-7-4-15(5-8-18)21-12-22(27-14-26-21)29-10-2-3-16(13-29)23(30)28-17-6-9-19(24)20(25)11-17/h4-9,11-12,14,16H,2-3,10,13H2,1H3,(H,28,30). The van der Waals surface area contributed by atoms with Crippen molar-refractivity contribution in [1.82, 2.24) is 9.97 Å². The van der Waals surface area contributed by atoms with Crippen molar-refractivity contribution >= 4 is 40.6 Å². The predicted octanol–water partition coefficient (Wildman–Crippen LogP) is 5.31. The summed E-state index contributed by atoms with van der Waals surface area (Å²) >= 11 is 12.0. The van der Waals surface area contributed by atoms with E-state index in [1.165, 1.54) is 0 Å². The fourth-order valence-corrected chi connectivity index (χ4v) is 3.96. The Bertz CT molecular complexity index is 1080. The molecule has 2 heterocycles. The van der Waals surface area contributed by atoms with Gasteiger partial charge >= 0.3 is 0 Å². The molecule has 3 aromatic rings. The molecule has 8 heteroatoms. The number of halogens is 2. The number of benzene rings is 2. The molecule has 1 aliphatic heterocycles. The van der Waals surface area contributed by atoms with Crippen LogP contribution in [0.2, 0.25) is 10.0 Å². The quantitative estimate of drug-likeness (QED) is 0.562. The molecule has 2 aromatic carbocycles. The summed E-state index contributed by atoms with van der Waals surface area (Å²) < 4.78 is 5.22. The molecule has 6 nitrogen and oxygen atoms in total. The molecule has 1 aromatic heterocycles. The number of carbonyl (C=O) groups excluding carboxylic acids is 1. The molecule has 0 spiro atoms. The maximum absolute atomic E-state index is 12.8. The van der Waals surface area contributed by atoms with Crippen LogP contribution in [0.15, 0.2) is 54.9 Å². The molecular formula is C23H22Cl2N4O2. The highest BCUT2D eigenvalue weighted by Gasteiger charge is 2.27. The normalized spacial score (nSPS) is 16.1. The second kappa shape index (κ2) is 9.54. The first-order valence-electron chi connectivity index (χ1n) is 10.0. The van der Waals surface area contributed by atoms with E-state index in [4.69, 9.17) is 27.9 Å². The minimum atomic E-state index is -0.150. The Hall–Kier alpha value is -2.83. The summed E-state index contributed by atoms with van der Waals surface area (Å²) in [7, 11) is 1.64. The van der Waals surface area contributed by atoms with Crippen LogP contribution in [-0.2, 0) is 4.79 Å². The molecule has 1 fully saturated rings. The number of methoxy groups -OCH3 is 1. The molecule has 1 amide bonds. The number of nitrogens with zero attached hydrogens (tertiary/aromatic N) is 3. The summed E-state index contributed by atoms with van der Waals surface area (Å²) in [4.78, 5) is 23.8. The van der Waals surface area contributed by atoms with Crippen LogP contribution in [-0.4, -0.2) is 36.1 Å². The fourth-order valence-electron chi connectivity index (χ4n) is 3.66. The third-order valence-electron chi connectivity index (χ3n) is 5.34. The van der Waals surface area contributed by atoms with Crippen LogP contribution in [0.1, 0.15) is 12.8 Å². The van der Waals surface area contributed by atoms with Crippen molar-refractivity contribution in [2.75, 3.05) is 30.4 Å².